The molecule has 0 saturated heterocycles. The summed E-state index contributed by atoms with van der Waals surface area (Å²) in [6.07, 6.45) is 9.33. The fourth-order valence-corrected chi connectivity index (χ4v) is 2.00. The van der Waals surface area contributed by atoms with Gasteiger partial charge in [0.1, 0.15) is 0 Å². The first-order valence-corrected chi connectivity index (χ1v) is 6.11. The third-order valence-corrected chi connectivity index (χ3v) is 3.01. The molecule has 2 heterocycles. The second-order valence-electron chi connectivity index (χ2n) is 4.62. The van der Waals surface area contributed by atoms with E-state index in [1.807, 2.05) is 43.3 Å². The summed E-state index contributed by atoms with van der Waals surface area (Å²) < 4.78 is 0. The van der Waals surface area contributed by atoms with E-state index in [4.69, 9.17) is 0 Å². The molecule has 2 rings (SSSR count). The van der Waals surface area contributed by atoms with E-state index in [1.165, 1.54) is 0 Å². The number of carbonyl (C=O) groups is 1. The van der Waals surface area contributed by atoms with Gasteiger partial charge in [0.25, 0.3) is 0 Å². The number of ketones is 1. The Morgan fingerprint density at radius 2 is 2.24 bits per heavy atom. The standard InChI is InChI=1S/C14H18N2O/c1-4-11-9-12(14(17)10(2)3)13-7-5-6-8-16(13)15-11/h5-8,10H,4,9H2,1-3H3. The van der Waals surface area contributed by atoms with E-state index in [2.05, 4.69) is 12.0 Å². The van der Waals surface area contributed by atoms with Crippen molar-refractivity contribution in [3.05, 3.63) is 35.7 Å². The van der Waals surface area contributed by atoms with Crippen LogP contribution in [0, 0.1) is 5.92 Å². The zero-order chi connectivity index (χ0) is 12.4. The SMILES string of the molecule is CCC1=NN2C=CC=CC2=C(C(=O)C(C)C)C1. The Balaban J connectivity index is 2.40. The number of carbonyl (C=O) groups excluding carboxylic acids is 1. The fourth-order valence-electron chi connectivity index (χ4n) is 2.00. The lowest BCUT2D eigenvalue weighted by Gasteiger charge is -2.28. The van der Waals surface area contributed by atoms with Crippen LogP contribution in [-0.2, 0) is 4.79 Å². The Labute approximate surface area is 102 Å². The lowest BCUT2D eigenvalue weighted by Crippen LogP contribution is -2.26. The average Bonchev–Trinajstić information content (AvgIpc) is 2.36. The van der Waals surface area contributed by atoms with Crippen LogP contribution < -0.4 is 0 Å². The topological polar surface area (TPSA) is 32.7 Å². The van der Waals surface area contributed by atoms with Crippen molar-refractivity contribution in [3.8, 4) is 0 Å². The first kappa shape index (κ1) is 11.8. The van der Waals surface area contributed by atoms with E-state index in [1.54, 1.807) is 0 Å². The minimum Gasteiger partial charge on any atom is -0.294 e. The van der Waals surface area contributed by atoms with E-state index >= 15 is 0 Å². The van der Waals surface area contributed by atoms with Gasteiger partial charge in [0.2, 0.25) is 0 Å². The van der Waals surface area contributed by atoms with E-state index < -0.39 is 0 Å². The predicted octanol–water partition coefficient (Wildman–Crippen LogP) is 3.02. The van der Waals surface area contributed by atoms with E-state index in [9.17, 15) is 4.79 Å². The quantitative estimate of drug-likeness (QED) is 0.746. The number of allylic oxidation sites excluding steroid dienone is 4. The molecule has 0 saturated carbocycles. The number of Topliss-reactive ketones (excluding diaryl/α,β-unsaturated/α-hetero) is 1. The van der Waals surface area contributed by atoms with Crippen LogP contribution in [0.4, 0.5) is 0 Å². The summed E-state index contributed by atoms with van der Waals surface area (Å²) in [6.45, 7) is 5.96. The lowest BCUT2D eigenvalue weighted by molar-refractivity contribution is -0.118. The van der Waals surface area contributed by atoms with Crippen LogP contribution in [0.15, 0.2) is 40.8 Å². The Morgan fingerprint density at radius 1 is 1.47 bits per heavy atom. The smallest absolute Gasteiger partial charge is 0.163 e. The van der Waals surface area contributed by atoms with Crippen molar-refractivity contribution in [3.63, 3.8) is 0 Å². The van der Waals surface area contributed by atoms with Crippen LogP contribution in [0.2, 0.25) is 0 Å². The second-order valence-corrected chi connectivity index (χ2v) is 4.62. The van der Waals surface area contributed by atoms with Crippen LogP contribution in [0.3, 0.4) is 0 Å². The van der Waals surface area contributed by atoms with Crippen molar-refractivity contribution < 1.29 is 4.79 Å². The lowest BCUT2D eigenvalue weighted by atomic mass is 9.92. The molecule has 2 aliphatic heterocycles. The third-order valence-electron chi connectivity index (χ3n) is 3.01. The maximum absolute atomic E-state index is 12.2. The normalized spacial score (nSPS) is 18.6. The molecule has 0 spiro atoms. The first-order valence-electron chi connectivity index (χ1n) is 6.11. The summed E-state index contributed by atoms with van der Waals surface area (Å²) in [5.41, 5.74) is 2.90. The summed E-state index contributed by atoms with van der Waals surface area (Å²) in [4.78, 5) is 12.2. The second kappa shape index (κ2) is 4.70. The number of hydrogen-bond donors (Lipinski definition) is 0. The number of fused-ring (bicyclic) bond motifs is 1. The molecule has 2 aliphatic rings. The largest absolute Gasteiger partial charge is 0.294 e. The number of nitrogens with zero attached hydrogens (tertiary/aromatic N) is 2. The molecule has 0 atom stereocenters. The van der Waals surface area contributed by atoms with Crippen LogP contribution in [0.25, 0.3) is 0 Å². The molecule has 17 heavy (non-hydrogen) atoms. The summed E-state index contributed by atoms with van der Waals surface area (Å²) in [5, 5.41) is 6.33. The molecule has 0 fully saturated rings. The van der Waals surface area contributed by atoms with Gasteiger partial charge in [0.15, 0.2) is 5.78 Å². The number of hydrazone groups is 1. The first-order chi connectivity index (χ1) is 8.13. The minimum atomic E-state index is 0.0369. The summed E-state index contributed by atoms with van der Waals surface area (Å²) >= 11 is 0. The minimum absolute atomic E-state index is 0.0369. The van der Waals surface area contributed by atoms with Crippen LogP contribution >= 0.6 is 0 Å². The summed E-state index contributed by atoms with van der Waals surface area (Å²) in [5.74, 6) is 0.265. The van der Waals surface area contributed by atoms with Gasteiger partial charge >= 0.3 is 0 Å². The molecule has 0 bridgehead atoms. The Bertz CT molecular complexity index is 453. The predicted molar refractivity (Wildman–Crippen MR) is 69.3 cm³/mol. The van der Waals surface area contributed by atoms with Gasteiger partial charge in [0, 0.05) is 29.8 Å². The van der Waals surface area contributed by atoms with E-state index in [0.717, 1.165) is 23.4 Å². The van der Waals surface area contributed by atoms with Crippen LogP contribution in [-0.4, -0.2) is 16.5 Å². The van der Waals surface area contributed by atoms with Crippen molar-refractivity contribution in [1.82, 2.24) is 5.01 Å². The van der Waals surface area contributed by atoms with E-state index in [0.29, 0.717) is 6.42 Å². The van der Waals surface area contributed by atoms with Crippen LogP contribution in [0.1, 0.15) is 33.6 Å². The molecule has 90 valence electrons. The Morgan fingerprint density at radius 3 is 2.88 bits per heavy atom. The Hall–Kier alpha value is -1.64. The molecule has 0 amide bonds. The van der Waals surface area contributed by atoms with Gasteiger partial charge in [0.05, 0.1) is 5.70 Å². The fraction of sp³-hybridized carbons (Fsp3) is 0.429. The molecule has 0 unspecified atom stereocenters. The molecule has 3 nitrogen and oxygen atoms in total. The van der Waals surface area contributed by atoms with Crippen molar-refractivity contribution in [2.24, 2.45) is 11.0 Å². The highest BCUT2D eigenvalue weighted by Gasteiger charge is 2.25. The maximum atomic E-state index is 12.2. The summed E-state index contributed by atoms with van der Waals surface area (Å²) in [6, 6.07) is 0. The molecule has 3 heteroatoms. The van der Waals surface area contributed by atoms with Gasteiger partial charge in [-0.3, -0.25) is 4.79 Å². The highest BCUT2D eigenvalue weighted by Crippen LogP contribution is 2.27. The zero-order valence-corrected chi connectivity index (χ0v) is 10.6. The molecular formula is C14H18N2O. The van der Waals surface area contributed by atoms with Crippen molar-refractivity contribution >= 4 is 11.5 Å². The van der Waals surface area contributed by atoms with Gasteiger partial charge in [-0.15, -0.1) is 0 Å². The number of hydrogen-bond acceptors (Lipinski definition) is 3. The molecule has 0 aromatic heterocycles. The van der Waals surface area contributed by atoms with Gasteiger partial charge in [-0.2, -0.15) is 5.10 Å². The van der Waals surface area contributed by atoms with Crippen LogP contribution in [0.5, 0.6) is 0 Å². The summed E-state index contributed by atoms with van der Waals surface area (Å²) in [7, 11) is 0. The molecule has 0 aliphatic carbocycles. The van der Waals surface area contributed by atoms with E-state index in [-0.39, 0.29) is 11.7 Å². The molecule has 0 N–H and O–H groups in total. The Kier molecular flexibility index (Phi) is 3.27. The van der Waals surface area contributed by atoms with Gasteiger partial charge < -0.3 is 0 Å². The average molecular weight is 230 g/mol. The maximum Gasteiger partial charge on any atom is 0.163 e. The van der Waals surface area contributed by atoms with Gasteiger partial charge in [-0.25, -0.2) is 5.01 Å². The zero-order valence-electron chi connectivity index (χ0n) is 10.6. The monoisotopic (exact) mass is 230 g/mol. The van der Waals surface area contributed by atoms with Crippen molar-refractivity contribution in [1.29, 1.82) is 0 Å². The van der Waals surface area contributed by atoms with Crippen molar-refractivity contribution in [2.45, 2.75) is 33.6 Å². The number of rotatable bonds is 3. The molecule has 0 radical (unpaired) electrons. The molecule has 0 aromatic carbocycles. The third kappa shape index (κ3) is 2.23. The molecule has 0 aromatic rings. The highest BCUT2D eigenvalue weighted by atomic mass is 16.1. The highest BCUT2D eigenvalue weighted by molar-refractivity contribution is 6.04. The molecular weight excluding hydrogens is 212 g/mol. The van der Waals surface area contributed by atoms with Gasteiger partial charge in [-0.05, 0) is 18.6 Å². The van der Waals surface area contributed by atoms with Gasteiger partial charge in [-0.1, -0.05) is 26.8 Å². The van der Waals surface area contributed by atoms with Crippen molar-refractivity contribution in [2.75, 3.05) is 0 Å².